The van der Waals surface area contributed by atoms with Crippen LogP contribution >= 0.6 is 0 Å². The number of amides is 1. The summed E-state index contributed by atoms with van der Waals surface area (Å²) in [5.74, 6) is 2.81. The highest BCUT2D eigenvalue weighted by atomic mass is 19.1. The van der Waals surface area contributed by atoms with Crippen molar-refractivity contribution in [3.8, 4) is 12.3 Å². The number of halogens is 1. The third kappa shape index (κ3) is 0.943. The molecule has 3 rings (SSSR count). The van der Waals surface area contributed by atoms with Crippen molar-refractivity contribution in [2.24, 2.45) is 5.92 Å². The molecule has 3 fully saturated rings. The van der Waals surface area contributed by atoms with E-state index in [4.69, 9.17) is 6.42 Å². The van der Waals surface area contributed by atoms with E-state index >= 15 is 0 Å². The number of nitrogens with zero attached hydrogens (tertiary/aromatic N) is 1. The fourth-order valence-electron chi connectivity index (χ4n) is 2.45. The lowest BCUT2D eigenvalue weighted by atomic mass is 10.1. The summed E-state index contributed by atoms with van der Waals surface area (Å²) in [5, 5.41) is 0. The number of likely N-dealkylation sites (tertiary alicyclic amines) is 1. The van der Waals surface area contributed by atoms with Gasteiger partial charge in [0.15, 0.2) is 5.67 Å². The summed E-state index contributed by atoms with van der Waals surface area (Å²) in [6.45, 7) is 0. The average molecular weight is 193 g/mol. The quantitative estimate of drug-likeness (QED) is 0.571. The van der Waals surface area contributed by atoms with E-state index in [1.54, 1.807) is 4.90 Å². The maximum Gasteiger partial charge on any atom is 0.261 e. The number of carbonyl (C=O) groups is 1. The van der Waals surface area contributed by atoms with Crippen LogP contribution in [0, 0.1) is 18.3 Å². The highest BCUT2D eigenvalue weighted by molar-refractivity contribution is 5.89. The molecular formula is C11H12FNO. The summed E-state index contributed by atoms with van der Waals surface area (Å²) in [7, 11) is 0. The Kier molecular flexibility index (Phi) is 1.36. The zero-order chi connectivity index (χ0) is 9.92. The molecule has 1 heterocycles. The number of hydrogen-bond donors (Lipinski definition) is 0. The number of alkyl halides is 1. The molecular weight excluding hydrogens is 181 g/mol. The van der Waals surface area contributed by atoms with Crippen molar-refractivity contribution >= 4 is 5.91 Å². The number of terminal acetylenes is 1. The van der Waals surface area contributed by atoms with Crippen LogP contribution in [0.3, 0.4) is 0 Å². The van der Waals surface area contributed by atoms with Crippen molar-refractivity contribution in [3.05, 3.63) is 0 Å². The van der Waals surface area contributed by atoms with Gasteiger partial charge >= 0.3 is 0 Å². The molecule has 0 aromatic rings. The van der Waals surface area contributed by atoms with Gasteiger partial charge in [-0.15, -0.1) is 6.42 Å². The van der Waals surface area contributed by atoms with Crippen LogP contribution in [0.5, 0.6) is 0 Å². The van der Waals surface area contributed by atoms with Crippen molar-refractivity contribution in [2.45, 2.75) is 43.4 Å². The van der Waals surface area contributed by atoms with Gasteiger partial charge in [0.05, 0.1) is 6.04 Å². The zero-order valence-electron chi connectivity index (χ0n) is 7.87. The molecule has 0 radical (unpaired) electrons. The van der Waals surface area contributed by atoms with Gasteiger partial charge in [0, 0.05) is 6.04 Å². The predicted molar refractivity (Wildman–Crippen MR) is 49.1 cm³/mol. The van der Waals surface area contributed by atoms with Crippen LogP contribution in [0.1, 0.15) is 25.7 Å². The molecule has 2 saturated carbocycles. The summed E-state index contributed by atoms with van der Waals surface area (Å²) in [4.78, 5) is 13.4. The van der Waals surface area contributed by atoms with Crippen LogP contribution in [0.15, 0.2) is 0 Å². The molecule has 1 amide bonds. The Morgan fingerprint density at radius 1 is 1.50 bits per heavy atom. The highest BCUT2D eigenvalue weighted by Gasteiger charge is 2.61. The minimum Gasteiger partial charge on any atom is -0.323 e. The van der Waals surface area contributed by atoms with Crippen molar-refractivity contribution in [1.29, 1.82) is 0 Å². The standard InChI is InChI=1S/C11H12FNO/c1-2-8-5-7-6-9(7)13(8)10(14)11(12)3-4-11/h1,7-9H,3-6H2/t7-,8?,9+/m0/s1. The van der Waals surface area contributed by atoms with Gasteiger partial charge in [0.1, 0.15) is 0 Å². The Morgan fingerprint density at radius 2 is 2.21 bits per heavy atom. The van der Waals surface area contributed by atoms with E-state index in [0.29, 0.717) is 18.8 Å². The Balaban J connectivity index is 1.83. The number of piperidine rings is 1. The molecule has 0 bridgehead atoms. The van der Waals surface area contributed by atoms with E-state index in [9.17, 15) is 9.18 Å². The van der Waals surface area contributed by atoms with Crippen LogP contribution in [0.4, 0.5) is 4.39 Å². The fourth-order valence-corrected chi connectivity index (χ4v) is 2.45. The number of carbonyl (C=O) groups excluding carboxylic acids is 1. The van der Waals surface area contributed by atoms with Crippen LogP contribution < -0.4 is 0 Å². The minimum atomic E-state index is -1.55. The first kappa shape index (κ1) is 8.28. The maximum absolute atomic E-state index is 13.6. The van der Waals surface area contributed by atoms with Crippen LogP contribution in [0.25, 0.3) is 0 Å². The van der Waals surface area contributed by atoms with E-state index < -0.39 is 5.67 Å². The van der Waals surface area contributed by atoms with Gasteiger partial charge < -0.3 is 4.90 Å². The van der Waals surface area contributed by atoms with E-state index in [2.05, 4.69) is 5.92 Å². The molecule has 0 spiro atoms. The summed E-state index contributed by atoms with van der Waals surface area (Å²) < 4.78 is 13.6. The lowest BCUT2D eigenvalue weighted by Crippen LogP contribution is -2.43. The van der Waals surface area contributed by atoms with E-state index in [1.165, 1.54) is 0 Å². The smallest absolute Gasteiger partial charge is 0.261 e. The molecule has 14 heavy (non-hydrogen) atoms. The number of hydrogen-bond acceptors (Lipinski definition) is 1. The molecule has 0 N–H and O–H groups in total. The molecule has 3 heteroatoms. The van der Waals surface area contributed by atoms with E-state index in [0.717, 1.165) is 12.8 Å². The molecule has 1 unspecified atom stereocenters. The van der Waals surface area contributed by atoms with Gasteiger partial charge in [-0.1, -0.05) is 5.92 Å². The van der Waals surface area contributed by atoms with E-state index in [1.807, 2.05) is 0 Å². The zero-order valence-corrected chi connectivity index (χ0v) is 7.87. The molecule has 3 atom stereocenters. The lowest BCUT2D eigenvalue weighted by molar-refractivity contribution is -0.139. The molecule has 1 saturated heterocycles. The summed E-state index contributed by atoms with van der Waals surface area (Å²) >= 11 is 0. The largest absolute Gasteiger partial charge is 0.323 e. The van der Waals surface area contributed by atoms with Gasteiger partial charge in [-0.25, -0.2) is 4.39 Å². The van der Waals surface area contributed by atoms with Gasteiger partial charge in [-0.05, 0) is 31.6 Å². The van der Waals surface area contributed by atoms with Crippen molar-refractivity contribution in [2.75, 3.05) is 0 Å². The molecule has 3 aliphatic rings. The molecule has 2 nitrogen and oxygen atoms in total. The van der Waals surface area contributed by atoms with E-state index in [-0.39, 0.29) is 18.0 Å². The first-order chi connectivity index (χ1) is 6.65. The number of rotatable bonds is 1. The fraction of sp³-hybridized carbons (Fsp3) is 0.727. The molecule has 0 aromatic carbocycles. The monoisotopic (exact) mass is 193 g/mol. The Labute approximate surface area is 82.5 Å². The summed E-state index contributed by atoms with van der Waals surface area (Å²) in [6.07, 6.45) is 8.02. The third-order valence-electron chi connectivity index (χ3n) is 3.60. The lowest BCUT2D eigenvalue weighted by Gasteiger charge is -2.25. The van der Waals surface area contributed by atoms with Crippen molar-refractivity contribution < 1.29 is 9.18 Å². The van der Waals surface area contributed by atoms with Crippen LogP contribution in [-0.2, 0) is 4.79 Å². The minimum absolute atomic E-state index is 0.139. The van der Waals surface area contributed by atoms with Crippen molar-refractivity contribution in [1.82, 2.24) is 4.90 Å². The SMILES string of the molecule is C#CC1C[C@H]2C[C@H]2N1C(=O)C1(F)CC1. The van der Waals surface area contributed by atoms with Crippen LogP contribution in [0.2, 0.25) is 0 Å². The topological polar surface area (TPSA) is 20.3 Å². The maximum atomic E-state index is 13.6. The second kappa shape index (κ2) is 2.31. The average Bonchev–Trinajstić information content (AvgIpc) is 3.07. The Bertz CT molecular complexity index is 342. The normalized spacial score (nSPS) is 41.4. The summed E-state index contributed by atoms with van der Waals surface area (Å²) in [6, 6.07) is 0.122. The molecule has 74 valence electrons. The van der Waals surface area contributed by atoms with Crippen molar-refractivity contribution in [3.63, 3.8) is 0 Å². The third-order valence-corrected chi connectivity index (χ3v) is 3.60. The molecule has 1 aliphatic heterocycles. The Hall–Kier alpha value is -1.04. The van der Waals surface area contributed by atoms with Crippen LogP contribution in [-0.4, -0.2) is 28.6 Å². The molecule has 2 aliphatic carbocycles. The van der Waals surface area contributed by atoms with Gasteiger partial charge in [0.2, 0.25) is 0 Å². The second-order valence-electron chi connectivity index (χ2n) is 4.66. The first-order valence-corrected chi connectivity index (χ1v) is 5.13. The predicted octanol–water partition coefficient (Wildman–Crippen LogP) is 1.11. The highest BCUT2D eigenvalue weighted by Crippen LogP contribution is 2.51. The second-order valence-corrected chi connectivity index (χ2v) is 4.66. The Morgan fingerprint density at radius 3 is 2.79 bits per heavy atom. The van der Waals surface area contributed by atoms with Gasteiger partial charge in [-0.3, -0.25) is 4.79 Å². The summed E-state index contributed by atoms with van der Waals surface area (Å²) in [5.41, 5.74) is -1.55. The number of fused-ring (bicyclic) bond motifs is 1. The first-order valence-electron chi connectivity index (χ1n) is 5.13. The van der Waals surface area contributed by atoms with Gasteiger partial charge in [-0.2, -0.15) is 0 Å². The molecule has 0 aromatic heterocycles. The van der Waals surface area contributed by atoms with Gasteiger partial charge in [0.25, 0.3) is 5.91 Å².